The average Bonchev–Trinajstić information content (AvgIpc) is 2.73. The van der Waals surface area contributed by atoms with Gasteiger partial charge in [0.25, 0.3) is 5.91 Å². The van der Waals surface area contributed by atoms with Gasteiger partial charge in [0.05, 0.1) is 10.6 Å². The van der Waals surface area contributed by atoms with Gasteiger partial charge in [-0.1, -0.05) is 37.0 Å². The molecule has 0 radical (unpaired) electrons. The molecule has 2 aromatic carbocycles. The molecule has 0 spiro atoms. The van der Waals surface area contributed by atoms with E-state index in [2.05, 4.69) is 29.4 Å². The predicted octanol–water partition coefficient (Wildman–Crippen LogP) is 4.81. The molecule has 0 bridgehead atoms. The van der Waals surface area contributed by atoms with E-state index in [9.17, 15) is 9.59 Å². The summed E-state index contributed by atoms with van der Waals surface area (Å²) in [6, 6.07) is 12.4. The molecule has 2 N–H and O–H groups in total. The number of hydrogen-bond acceptors (Lipinski definition) is 4. The number of nitrogens with one attached hydrogen (secondary N) is 2. The van der Waals surface area contributed by atoms with Crippen LogP contribution < -0.4 is 15.5 Å². The minimum atomic E-state index is -0.411. The molecule has 1 heterocycles. The highest BCUT2D eigenvalue weighted by atomic mass is 35.5. The predicted molar refractivity (Wildman–Crippen MR) is 135 cm³/mol. The summed E-state index contributed by atoms with van der Waals surface area (Å²) in [7, 11) is 0. The van der Waals surface area contributed by atoms with Crippen LogP contribution in [0.3, 0.4) is 0 Å². The fourth-order valence-electron chi connectivity index (χ4n) is 3.45. The summed E-state index contributed by atoms with van der Waals surface area (Å²) in [5, 5.41) is 6.50. The van der Waals surface area contributed by atoms with E-state index in [4.69, 9.17) is 35.4 Å². The van der Waals surface area contributed by atoms with Crippen molar-refractivity contribution in [1.29, 1.82) is 0 Å². The Hall–Kier alpha value is -2.35. The molecule has 0 saturated carbocycles. The van der Waals surface area contributed by atoms with E-state index >= 15 is 0 Å². The first-order chi connectivity index (χ1) is 15.2. The van der Waals surface area contributed by atoms with Crippen LogP contribution in [0.1, 0.15) is 30.6 Å². The van der Waals surface area contributed by atoms with Crippen molar-refractivity contribution >= 4 is 63.7 Å². The second kappa shape index (κ2) is 11.0. The highest BCUT2D eigenvalue weighted by molar-refractivity contribution is 7.80. The minimum Gasteiger partial charge on any atom is -0.368 e. The topological polar surface area (TPSA) is 64.7 Å². The van der Waals surface area contributed by atoms with Crippen molar-refractivity contribution in [3.63, 3.8) is 0 Å². The quantitative estimate of drug-likeness (QED) is 0.586. The third kappa shape index (κ3) is 6.58. The molecule has 1 fully saturated rings. The molecule has 1 saturated heterocycles. The molecule has 1 aliphatic rings. The van der Waals surface area contributed by atoms with E-state index in [0.29, 0.717) is 22.9 Å². The first-order valence-corrected chi connectivity index (χ1v) is 11.6. The number of carbonyl (C=O) groups is 2. The lowest BCUT2D eigenvalue weighted by molar-refractivity contribution is -0.132. The van der Waals surface area contributed by atoms with Crippen LogP contribution in [0.25, 0.3) is 0 Å². The van der Waals surface area contributed by atoms with Gasteiger partial charge in [0.15, 0.2) is 5.11 Å². The maximum Gasteiger partial charge on any atom is 0.258 e. The van der Waals surface area contributed by atoms with Crippen molar-refractivity contribution in [2.75, 3.05) is 36.4 Å². The maximum absolute atomic E-state index is 12.4. The van der Waals surface area contributed by atoms with Gasteiger partial charge in [-0.3, -0.25) is 14.9 Å². The van der Waals surface area contributed by atoms with Crippen molar-refractivity contribution in [1.82, 2.24) is 10.2 Å². The van der Waals surface area contributed by atoms with Crippen molar-refractivity contribution in [2.24, 2.45) is 5.92 Å². The molecule has 6 nitrogen and oxygen atoms in total. The van der Waals surface area contributed by atoms with Crippen LogP contribution in [0, 0.1) is 5.92 Å². The molecule has 0 aliphatic carbocycles. The van der Waals surface area contributed by atoms with E-state index in [1.807, 2.05) is 29.2 Å². The molecule has 0 atom stereocenters. The molecule has 9 heteroatoms. The number of benzene rings is 2. The number of rotatable bonds is 5. The second-order valence-corrected chi connectivity index (χ2v) is 9.30. The van der Waals surface area contributed by atoms with Gasteiger partial charge in [-0.05, 0) is 60.6 Å². The highest BCUT2D eigenvalue weighted by Gasteiger charge is 2.21. The summed E-state index contributed by atoms with van der Waals surface area (Å²) in [5.41, 5.74) is 2.13. The smallest absolute Gasteiger partial charge is 0.258 e. The fourth-order valence-corrected chi connectivity index (χ4v) is 4.16. The Balaban J connectivity index is 1.51. The molecular formula is C23H26Cl2N4O2S. The van der Waals surface area contributed by atoms with Gasteiger partial charge in [0.2, 0.25) is 5.91 Å². The SMILES string of the molecule is CC(C)CC(=O)N1CCN(c2ccc(NC(=S)NC(=O)c3ccc(Cl)cc3Cl)cc2)CC1. The molecular weight excluding hydrogens is 467 g/mol. The molecule has 2 aromatic rings. The van der Waals surface area contributed by atoms with Gasteiger partial charge < -0.3 is 15.1 Å². The third-order valence-electron chi connectivity index (χ3n) is 5.11. The highest BCUT2D eigenvalue weighted by Crippen LogP contribution is 2.22. The van der Waals surface area contributed by atoms with Crippen LogP contribution >= 0.6 is 35.4 Å². The van der Waals surface area contributed by atoms with E-state index in [-0.39, 0.29) is 16.0 Å². The number of amides is 2. The zero-order valence-corrected chi connectivity index (χ0v) is 20.4. The number of nitrogens with zero attached hydrogens (tertiary/aromatic N) is 2. The van der Waals surface area contributed by atoms with Crippen LogP contribution in [0.5, 0.6) is 0 Å². The molecule has 0 aromatic heterocycles. The van der Waals surface area contributed by atoms with E-state index < -0.39 is 5.91 Å². The summed E-state index contributed by atoms with van der Waals surface area (Å²) < 4.78 is 0. The van der Waals surface area contributed by atoms with Crippen LogP contribution in [0.2, 0.25) is 10.0 Å². The maximum atomic E-state index is 12.4. The first-order valence-electron chi connectivity index (χ1n) is 10.4. The van der Waals surface area contributed by atoms with E-state index in [1.54, 1.807) is 12.1 Å². The summed E-state index contributed by atoms with van der Waals surface area (Å²) in [5.74, 6) is 0.194. The average molecular weight is 493 g/mol. The van der Waals surface area contributed by atoms with Gasteiger partial charge >= 0.3 is 0 Å². The van der Waals surface area contributed by atoms with Crippen molar-refractivity contribution in [3.8, 4) is 0 Å². The van der Waals surface area contributed by atoms with E-state index in [1.165, 1.54) is 6.07 Å². The Labute approximate surface area is 203 Å². The molecule has 1 aliphatic heterocycles. The lowest BCUT2D eigenvalue weighted by Crippen LogP contribution is -2.49. The van der Waals surface area contributed by atoms with Crippen molar-refractivity contribution in [2.45, 2.75) is 20.3 Å². The Morgan fingerprint density at radius 2 is 1.69 bits per heavy atom. The molecule has 2 amide bonds. The monoisotopic (exact) mass is 492 g/mol. The van der Waals surface area contributed by atoms with Crippen LogP contribution in [-0.2, 0) is 4.79 Å². The van der Waals surface area contributed by atoms with Gasteiger partial charge in [-0.2, -0.15) is 0 Å². The third-order valence-corrected chi connectivity index (χ3v) is 5.86. The standard InChI is InChI=1S/C23H26Cl2N4O2S/c1-15(2)13-21(30)29-11-9-28(10-12-29)18-6-4-17(5-7-18)26-23(32)27-22(31)19-8-3-16(24)14-20(19)25/h3-8,14-15H,9-13H2,1-2H3,(H2,26,27,31,32). The van der Waals surface area contributed by atoms with Crippen LogP contribution in [0.15, 0.2) is 42.5 Å². The van der Waals surface area contributed by atoms with Gasteiger partial charge in [-0.15, -0.1) is 0 Å². The van der Waals surface area contributed by atoms with Crippen LogP contribution in [0.4, 0.5) is 11.4 Å². The van der Waals surface area contributed by atoms with E-state index in [0.717, 1.165) is 37.6 Å². The van der Waals surface area contributed by atoms with Gasteiger partial charge in [-0.25, -0.2) is 0 Å². The molecule has 32 heavy (non-hydrogen) atoms. The number of halogens is 2. The summed E-state index contributed by atoms with van der Waals surface area (Å²) in [4.78, 5) is 28.8. The lowest BCUT2D eigenvalue weighted by Gasteiger charge is -2.36. The van der Waals surface area contributed by atoms with Gasteiger partial charge in [0, 0.05) is 49.0 Å². The fraction of sp³-hybridized carbons (Fsp3) is 0.348. The second-order valence-electron chi connectivity index (χ2n) is 8.05. The Morgan fingerprint density at radius 1 is 1.03 bits per heavy atom. The largest absolute Gasteiger partial charge is 0.368 e. The van der Waals surface area contributed by atoms with Gasteiger partial charge in [0.1, 0.15) is 0 Å². The Morgan fingerprint density at radius 3 is 2.28 bits per heavy atom. The lowest BCUT2D eigenvalue weighted by atomic mass is 10.1. The number of piperazine rings is 1. The Kier molecular flexibility index (Phi) is 8.34. The van der Waals surface area contributed by atoms with Crippen molar-refractivity contribution < 1.29 is 9.59 Å². The zero-order valence-electron chi connectivity index (χ0n) is 18.0. The number of thiocarbonyl (C=S) groups is 1. The molecule has 170 valence electrons. The zero-order chi connectivity index (χ0) is 23.3. The number of anilines is 2. The minimum absolute atomic E-state index is 0.172. The summed E-state index contributed by atoms with van der Waals surface area (Å²) in [6.45, 7) is 7.19. The summed E-state index contributed by atoms with van der Waals surface area (Å²) >= 11 is 17.2. The normalized spacial score (nSPS) is 13.8. The first kappa shape index (κ1) is 24.3. The summed E-state index contributed by atoms with van der Waals surface area (Å²) in [6.07, 6.45) is 0.598. The van der Waals surface area contributed by atoms with Crippen LogP contribution in [-0.4, -0.2) is 48.0 Å². The van der Waals surface area contributed by atoms with Crippen molar-refractivity contribution in [3.05, 3.63) is 58.1 Å². The molecule has 3 rings (SSSR count). The number of hydrogen-bond donors (Lipinski definition) is 2. The molecule has 0 unspecified atom stereocenters. The Bertz CT molecular complexity index is 990. The number of carbonyl (C=O) groups excluding carboxylic acids is 2.